The van der Waals surface area contributed by atoms with Gasteiger partial charge in [0.1, 0.15) is 0 Å². The molecule has 0 amide bonds. The summed E-state index contributed by atoms with van der Waals surface area (Å²) in [5.41, 5.74) is 6.79. The van der Waals surface area contributed by atoms with Crippen molar-refractivity contribution in [2.24, 2.45) is 0 Å². The fourth-order valence-corrected chi connectivity index (χ4v) is 5.00. The van der Waals surface area contributed by atoms with Gasteiger partial charge in [-0.25, -0.2) is 4.79 Å². The molecular weight excluding hydrogens is 388 g/mol. The minimum Gasteiger partial charge on any atom is -0.478 e. The summed E-state index contributed by atoms with van der Waals surface area (Å²) in [7, 11) is 0. The summed E-state index contributed by atoms with van der Waals surface area (Å²) in [5, 5.41) is 10.6. The van der Waals surface area contributed by atoms with Crippen LogP contribution < -0.4 is 0 Å². The summed E-state index contributed by atoms with van der Waals surface area (Å²) in [6.45, 7) is 8.99. The van der Waals surface area contributed by atoms with Gasteiger partial charge in [0.05, 0.1) is 11.7 Å². The maximum atomic E-state index is 11.3. The van der Waals surface area contributed by atoms with Crippen LogP contribution in [0.4, 0.5) is 0 Å². The average Bonchev–Trinajstić information content (AvgIpc) is 3.27. The molecule has 1 aliphatic heterocycles. The molecule has 164 valence electrons. The second-order valence-electron chi connectivity index (χ2n) is 8.47. The molecule has 0 radical (unpaired) electrons. The Hall–Kier alpha value is -2.63. The lowest BCUT2D eigenvalue weighted by Crippen LogP contribution is -2.39. The summed E-state index contributed by atoms with van der Waals surface area (Å²) in [5.74, 6) is -0.888. The number of H-pyrrole nitrogens is 1. The van der Waals surface area contributed by atoms with E-state index in [1.165, 1.54) is 27.6 Å². The van der Waals surface area contributed by atoms with Crippen molar-refractivity contribution in [2.45, 2.75) is 58.7 Å². The third-order valence-electron chi connectivity index (χ3n) is 6.60. The molecule has 1 aliphatic rings. The third-order valence-corrected chi connectivity index (χ3v) is 6.60. The molecule has 2 aromatic carbocycles. The second kappa shape index (κ2) is 9.25. The molecule has 1 fully saturated rings. The number of aromatic carboxylic acids is 1. The standard InChI is InChI=1S/C26H32N2O3/c1-4-18-14-17(3)25-22(10-12-27-25)23(18)16-28-13-11-21(31-5-2)15-24(28)19-6-8-20(9-7-19)26(29)30/h6-10,12,14,21,24,27H,4-5,11,13,15-16H2,1-3H3,(H,29,30)/t21-,24-/m1/s1. The highest BCUT2D eigenvalue weighted by molar-refractivity contribution is 5.88. The van der Waals surface area contributed by atoms with Gasteiger partial charge in [-0.15, -0.1) is 0 Å². The number of nitrogens with zero attached hydrogens (tertiary/aromatic N) is 1. The Morgan fingerprint density at radius 1 is 1.23 bits per heavy atom. The van der Waals surface area contributed by atoms with Crippen molar-refractivity contribution in [3.05, 3.63) is 70.4 Å². The van der Waals surface area contributed by atoms with E-state index < -0.39 is 5.97 Å². The van der Waals surface area contributed by atoms with Crippen molar-refractivity contribution >= 4 is 16.9 Å². The number of nitrogens with one attached hydrogen (secondary N) is 1. The fraction of sp³-hybridized carbons (Fsp3) is 0.423. The predicted molar refractivity (Wildman–Crippen MR) is 124 cm³/mol. The zero-order valence-corrected chi connectivity index (χ0v) is 18.6. The first-order chi connectivity index (χ1) is 15.0. The molecule has 1 aromatic heterocycles. The number of carboxylic acid groups (broad SMARTS) is 1. The summed E-state index contributed by atoms with van der Waals surface area (Å²) in [6.07, 6.45) is 5.21. The lowest BCUT2D eigenvalue weighted by atomic mass is 9.90. The SMILES string of the molecule is CCO[C@@H]1CCN(Cc2c(CC)cc(C)c3[nH]ccc23)[C@@H](c2ccc(C(=O)O)cc2)C1. The van der Waals surface area contributed by atoms with Crippen LogP contribution in [0.25, 0.3) is 10.9 Å². The van der Waals surface area contributed by atoms with Gasteiger partial charge >= 0.3 is 5.97 Å². The highest BCUT2D eigenvalue weighted by Gasteiger charge is 2.31. The molecule has 2 N–H and O–H groups in total. The number of benzene rings is 2. The van der Waals surface area contributed by atoms with Gasteiger partial charge in [-0.3, -0.25) is 4.90 Å². The van der Waals surface area contributed by atoms with Crippen LogP contribution in [-0.4, -0.2) is 40.2 Å². The number of ether oxygens (including phenoxy) is 1. The normalized spacial score (nSPS) is 19.7. The van der Waals surface area contributed by atoms with Crippen LogP contribution in [0.1, 0.15) is 65.3 Å². The number of aromatic nitrogens is 1. The minimum atomic E-state index is -0.888. The van der Waals surface area contributed by atoms with Gasteiger partial charge in [-0.1, -0.05) is 25.1 Å². The quantitative estimate of drug-likeness (QED) is 0.531. The van der Waals surface area contributed by atoms with Crippen LogP contribution in [0.3, 0.4) is 0 Å². The van der Waals surface area contributed by atoms with E-state index in [2.05, 4.69) is 35.9 Å². The predicted octanol–water partition coefficient (Wildman–Crippen LogP) is 5.48. The number of likely N-dealkylation sites (tertiary alicyclic amines) is 1. The number of carbonyl (C=O) groups is 1. The van der Waals surface area contributed by atoms with Crippen molar-refractivity contribution in [3.63, 3.8) is 0 Å². The van der Waals surface area contributed by atoms with Crippen LogP contribution in [0.2, 0.25) is 0 Å². The van der Waals surface area contributed by atoms with E-state index >= 15 is 0 Å². The van der Waals surface area contributed by atoms with Crippen molar-refractivity contribution in [1.29, 1.82) is 0 Å². The Balaban J connectivity index is 1.69. The Bertz CT molecular complexity index is 1050. The van der Waals surface area contributed by atoms with Gasteiger partial charge in [0, 0.05) is 42.8 Å². The van der Waals surface area contributed by atoms with Crippen LogP contribution in [-0.2, 0) is 17.7 Å². The van der Waals surface area contributed by atoms with E-state index in [1.807, 2.05) is 25.3 Å². The van der Waals surface area contributed by atoms with Gasteiger partial charge in [-0.05, 0) is 73.6 Å². The maximum absolute atomic E-state index is 11.3. The molecule has 0 saturated carbocycles. The largest absolute Gasteiger partial charge is 0.478 e. The second-order valence-corrected chi connectivity index (χ2v) is 8.47. The number of piperidine rings is 1. The van der Waals surface area contributed by atoms with E-state index in [-0.39, 0.29) is 12.1 Å². The monoisotopic (exact) mass is 420 g/mol. The summed E-state index contributed by atoms with van der Waals surface area (Å²) in [4.78, 5) is 17.2. The lowest BCUT2D eigenvalue weighted by Gasteiger charge is -2.40. The molecular formula is C26H32N2O3. The Morgan fingerprint density at radius 3 is 2.68 bits per heavy atom. The molecule has 0 unspecified atom stereocenters. The molecule has 0 aliphatic carbocycles. The van der Waals surface area contributed by atoms with Crippen molar-refractivity contribution < 1.29 is 14.6 Å². The molecule has 5 nitrogen and oxygen atoms in total. The topological polar surface area (TPSA) is 65.6 Å². The fourth-order valence-electron chi connectivity index (χ4n) is 5.00. The number of rotatable bonds is 7. The van der Waals surface area contributed by atoms with E-state index in [0.717, 1.165) is 44.5 Å². The van der Waals surface area contributed by atoms with E-state index in [1.54, 1.807) is 12.1 Å². The van der Waals surface area contributed by atoms with E-state index in [4.69, 9.17) is 4.74 Å². The highest BCUT2D eigenvalue weighted by Crippen LogP contribution is 2.36. The van der Waals surface area contributed by atoms with Crippen LogP contribution >= 0.6 is 0 Å². The molecule has 3 aromatic rings. The summed E-state index contributed by atoms with van der Waals surface area (Å²) in [6, 6.07) is 12.1. The number of hydrogen-bond acceptors (Lipinski definition) is 3. The van der Waals surface area contributed by atoms with Gasteiger partial charge in [-0.2, -0.15) is 0 Å². The van der Waals surface area contributed by atoms with E-state index in [0.29, 0.717) is 5.56 Å². The molecule has 4 rings (SSSR count). The van der Waals surface area contributed by atoms with E-state index in [9.17, 15) is 9.90 Å². The molecule has 5 heteroatoms. The molecule has 0 spiro atoms. The molecule has 2 heterocycles. The first kappa shape index (κ1) is 21.6. The maximum Gasteiger partial charge on any atom is 0.335 e. The van der Waals surface area contributed by atoms with Gasteiger partial charge in [0.25, 0.3) is 0 Å². The zero-order valence-electron chi connectivity index (χ0n) is 18.6. The van der Waals surface area contributed by atoms with Crippen LogP contribution in [0.15, 0.2) is 42.6 Å². The number of aryl methyl sites for hydroxylation is 2. The summed E-state index contributed by atoms with van der Waals surface area (Å²) < 4.78 is 5.99. The van der Waals surface area contributed by atoms with Crippen molar-refractivity contribution in [2.75, 3.05) is 13.2 Å². The number of hydrogen-bond donors (Lipinski definition) is 2. The van der Waals surface area contributed by atoms with Gasteiger partial charge < -0.3 is 14.8 Å². The molecule has 2 atom stereocenters. The number of fused-ring (bicyclic) bond motifs is 1. The van der Waals surface area contributed by atoms with Crippen LogP contribution in [0, 0.1) is 6.92 Å². The number of aromatic amines is 1. The van der Waals surface area contributed by atoms with Crippen molar-refractivity contribution in [1.82, 2.24) is 9.88 Å². The van der Waals surface area contributed by atoms with Crippen molar-refractivity contribution in [3.8, 4) is 0 Å². The first-order valence-corrected chi connectivity index (χ1v) is 11.3. The Labute approximate surface area is 184 Å². The Kier molecular flexibility index (Phi) is 6.44. The van der Waals surface area contributed by atoms with Gasteiger partial charge in [0.2, 0.25) is 0 Å². The smallest absolute Gasteiger partial charge is 0.335 e. The number of carboxylic acids is 1. The zero-order chi connectivity index (χ0) is 22.0. The third kappa shape index (κ3) is 4.39. The average molecular weight is 421 g/mol. The Morgan fingerprint density at radius 2 is 2.00 bits per heavy atom. The van der Waals surface area contributed by atoms with Crippen LogP contribution in [0.5, 0.6) is 0 Å². The molecule has 1 saturated heterocycles. The van der Waals surface area contributed by atoms with Gasteiger partial charge in [0.15, 0.2) is 0 Å². The minimum absolute atomic E-state index is 0.202. The lowest BCUT2D eigenvalue weighted by molar-refractivity contribution is -0.0137. The molecule has 31 heavy (non-hydrogen) atoms. The molecule has 0 bridgehead atoms. The first-order valence-electron chi connectivity index (χ1n) is 11.3. The summed E-state index contributed by atoms with van der Waals surface area (Å²) >= 11 is 0. The highest BCUT2D eigenvalue weighted by atomic mass is 16.5.